The molecule has 0 aliphatic heterocycles. The molecule has 0 radical (unpaired) electrons. The monoisotopic (exact) mass is 930 g/mol. The second-order valence-electron chi connectivity index (χ2n) is 21.3. The van der Waals surface area contributed by atoms with E-state index in [1.807, 2.05) is 0 Å². The van der Waals surface area contributed by atoms with E-state index < -0.39 is 0 Å². The molecule has 0 heterocycles. The van der Waals surface area contributed by atoms with E-state index in [-0.39, 0.29) is 10.8 Å². The van der Waals surface area contributed by atoms with Crippen molar-refractivity contribution in [3.8, 4) is 22.3 Å². The number of para-hydroxylation sites is 2. The van der Waals surface area contributed by atoms with E-state index in [1.54, 1.807) is 11.1 Å². The summed E-state index contributed by atoms with van der Waals surface area (Å²) in [5, 5.41) is 0. The van der Waals surface area contributed by atoms with Crippen molar-refractivity contribution >= 4 is 57.4 Å². The number of benzene rings is 8. The van der Waals surface area contributed by atoms with Gasteiger partial charge in [-0.05, 0) is 178 Å². The predicted octanol–water partition coefficient (Wildman–Crippen LogP) is 19.5. The van der Waals surface area contributed by atoms with Crippen LogP contribution < -0.4 is 9.80 Å². The van der Waals surface area contributed by atoms with Crippen molar-refractivity contribution in [3.63, 3.8) is 0 Å². The van der Waals surface area contributed by atoms with E-state index in [4.69, 9.17) is 0 Å². The number of allylic oxidation sites excluding steroid dienone is 8. The molecule has 4 aliphatic rings. The van der Waals surface area contributed by atoms with E-state index >= 15 is 0 Å². The summed E-state index contributed by atoms with van der Waals surface area (Å²) in [5.74, 6) is 0. The van der Waals surface area contributed by atoms with Crippen molar-refractivity contribution in [1.29, 1.82) is 0 Å². The summed E-state index contributed by atoms with van der Waals surface area (Å²) in [5.41, 5.74) is 28.4. The second-order valence-corrected chi connectivity index (χ2v) is 21.3. The molecule has 72 heavy (non-hydrogen) atoms. The highest BCUT2D eigenvalue weighted by Crippen LogP contribution is 2.53. The van der Waals surface area contributed by atoms with Crippen LogP contribution in [-0.2, 0) is 10.8 Å². The van der Waals surface area contributed by atoms with Crippen molar-refractivity contribution in [2.45, 2.75) is 78.1 Å². The number of anilines is 6. The molecule has 2 nitrogen and oxygen atoms in total. The maximum absolute atomic E-state index is 2.44. The Hall–Kier alpha value is -7.94. The molecule has 4 aliphatic carbocycles. The Labute approximate surface area is 427 Å². The molecule has 0 fully saturated rings. The molecule has 0 amide bonds. The quantitative estimate of drug-likeness (QED) is 0.126. The van der Waals surface area contributed by atoms with Gasteiger partial charge in [0.05, 0.1) is 0 Å². The third-order valence-corrected chi connectivity index (χ3v) is 16.2. The number of hydrogen-bond acceptors (Lipinski definition) is 2. The Kier molecular flexibility index (Phi) is 11.3. The number of hydrogen-bond donors (Lipinski definition) is 0. The normalized spacial score (nSPS) is 15.9. The fraction of sp³-hybridized carbons (Fsp3) is 0.171. The van der Waals surface area contributed by atoms with Gasteiger partial charge in [-0.2, -0.15) is 0 Å². The summed E-state index contributed by atoms with van der Waals surface area (Å²) in [6.07, 6.45) is 18.3. The van der Waals surface area contributed by atoms with Gasteiger partial charge in [-0.15, -0.1) is 0 Å². The molecule has 0 bridgehead atoms. The summed E-state index contributed by atoms with van der Waals surface area (Å²) in [4.78, 5) is 4.86. The zero-order valence-electron chi connectivity index (χ0n) is 42.5. The minimum absolute atomic E-state index is 0.0118. The average Bonchev–Trinajstić information content (AvgIpc) is 3.79. The molecule has 2 heteroatoms. The summed E-state index contributed by atoms with van der Waals surface area (Å²) < 4.78 is 0. The molecule has 0 N–H and O–H groups in total. The van der Waals surface area contributed by atoms with Crippen LogP contribution in [0.4, 0.5) is 34.1 Å². The standard InChI is InChI=1S/C70H62N2/c1-47-15-7-13-21-67(47)71(57-41-43-61-59-17-9-11-19-63(59)69(3,4)65(61)45-57)55-37-33-53(34-38-55)51-29-25-49(26-30-51)23-24-50-27-31-52(32-28-50)54-35-39-56(40-36-54)72(68-22-14-8-16-48(68)2)58-42-44-62-60-18-10-12-20-64(60)70(5,6)66(62)46-58/h7-10,13-18,21-46H,11-12,19-20H2,1-6H3/b24-23+. The molecular weight excluding hydrogens is 869 g/mol. The number of aryl methyl sites for hydroxylation is 2. The molecule has 0 saturated heterocycles. The smallest absolute Gasteiger partial charge is 0.0490 e. The Balaban J connectivity index is 0.746. The molecule has 0 saturated carbocycles. The topological polar surface area (TPSA) is 6.48 Å². The highest BCUT2D eigenvalue weighted by atomic mass is 15.1. The molecular formula is C70H62N2. The van der Waals surface area contributed by atoms with E-state index in [9.17, 15) is 0 Å². The largest absolute Gasteiger partial charge is 0.310 e. The molecule has 12 rings (SSSR count). The van der Waals surface area contributed by atoms with Gasteiger partial charge in [-0.25, -0.2) is 0 Å². The first kappa shape index (κ1) is 45.2. The second kappa shape index (κ2) is 18.0. The van der Waals surface area contributed by atoms with Crippen LogP contribution in [0.15, 0.2) is 217 Å². The summed E-state index contributed by atoms with van der Waals surface area (Å²) >= 11 is 0. The van der Waals surface area contributed by atoms with Crippen LogP contribution in [-0.4, -0.2) is 0 Å². The SMILES string of the molecule is Cc1ccccc1N(c1ccc(-c2ccc(/C=C/c3ccc(-c4ccc(N(c5ccc6c(c5)C(C)(C)C5=C6C=CCC5)c5ccccc5C)cc4)cc3)cc2)cc1)c1ccc2c(c1)C(C)(C)C1=C2C=CCC1. The maximum Gasteiger partial charge on any atom is 0.0490 e. The lowest BCUT2D eigenvalue weighted by atomic mass is 9.78. The van der Waals surface area contributed by atoms with Gasteiger partial charge in [0.25, 0.3) is 0 Å². The minimum Gasteiger partial charge on any atom is -0.310 e. The van der Waals surface area contributed by atoms with Gasteiger partial charge in [0.2, 0.25) is 0 Å². The van der Waals surface area contributed by atoms with Crippen molar-refractivity contribution < 1.29 is 0 Å². The van der Waals surface area contributed by atoms with Gasteiger partial charge in [-0.1, -0.05) is 197 Å². The lowest BCUT2D eigenvalue weighted by Crippen LogP contribution is -2.19. The third-order valence-electron chi connectivity index (χ3n) is 16.2. The fourth-order valence-corrected chi connectivity index (χ4v) is 12.2. The number of rotatable bonds is 10. The summed E-state index contributed by atoms with van der Waals surface area (Å²) in [6.45, 7) is 14.0. The summed E-state index contributed by atoms with van der Waals surface area (Å²) in [6, 6.07) is 67.6. The van der Waals surface area contributed by atoms with Crippen LogP contribution in [0.2, 0.25) is 0 Å². The van der Waals surface area contributed by atoms with Crippen LogP contribution >= 0.6 is 0 Å². The molecule has 352 valence electrons. The molecule has 8 aromatic rings. The Morgan fingerprint density at radius 2 is 0.736 bits per heavy atom. The van der Waals surface area contributed by atoms with Crippen molar-refractivity contribution in [1.82, 2.24) is 0 Å². The van der Waals surface area contributed by atoms with Crippen LogP contribution in [0.5, 0.6) is 0 Å². The van der Waals surface area contributed by atoms with E-state index in [0.717, 1.165) is 37.1 Å². The third kappa shape index (κ3) is 7.91. The van der Waals surface area contributed by atoms with Crippen molar-refractivity contribution in [2.75, 3.05) is 9.80 Å². The van der Waals surface area contributed by atoms with E-state index in [1.165, 1.54) is 101 Å². The predicted molar refractivity (Wildman–Crippen MR) is 308 cm³/mol. The van der Waals surface area contributed by atoms with Crippen LogP contribution in [0.3, 0.4) is 0 Å². The van der Waals surface area contributed by atoms with Gasteiger partial charge >= 0.3 is 0 Å². The van der Waals surface area contributed by atoms with E-state index in [2.05, 4.69) is 270 Å². The zero-order chi connectivity index (χ0) is 49.1. The van der Waals surface area contributed by atoms with Crippen LogP contribution in [0.25, 0.3) is 45.6 Å². The fourth-order valence-electron chi connectivity index (χ4n) is 12.2. The molecule has 0 spiro atoms. The lowest BCUT2D eigenvalue weighted by Gasteiger charge is -2.30. The minimum atomic E-state index is 0.0118. The average molecular weight is 931 g/mol. The van der Waals surface area contributed by atoms with Crippen LogP contribution in [0.1, 0.15) is 97.9 Å². The molecule has 0 aromatic heterocycles. The highest BCUT2D eigenvalue weighted by Gasteiger charge is 2.39. The Bertz CT molecular complexity index is 3310. The molecule has 0 unspecified atom stereocenters. The first-order valence-corrected chi connectivity index (χ1v) is 25.9. The molecule has 0 atom stereocenters. The Morgan fingerprint density at radius 1 is 0.389 bits per heavy atom. The maximum atomic E-state index is 2.44. The first-order chi connectivity index (χ1) is 35.0. The van der Waals surface area contributed by atoms with Gasteiger partial charge in [-0.3, -0.25) is 0 Å². The van der Waals surface area contributed by atoms with Gasteiger partial charge in [0.1, 0.15) is 0 Å². The highest BCUT2D eigenvalue weighted by molar-refractivity contribution is 5.91. The summed E-state index contributed by atoms with van der Waals surface area (Å²) in [7, 11) is 0. The van der Waals surface area contributed by atoms with Crippen LogP contribution in [0, 0.1) is 13.8 Å². The van der Waals surface area contributed by atoms with Gasteiger partial charge in [0.15, 0.2) is 0 Å². The van der Waals surface area contributed by atoms with Gasteiger partial charge < -0.3 is 9.80 Å². The zero-order valence-corrected chi connectivity index (χ0v) is 42.5. The number of fused-ring (bicyclic) bond motifs is 4. The Morgan fingerprint density at radius 3 is 1.11 bits per heavy atom. The van der Waals surface area contributed by atoms with Crippen molar-refractivity contribution in [3.05, 3.63) is 262 Å². The lowest BCUT2D eigenvalue weighted by molar-refractivity contribution is 0.607. The number of nitrogens with zero attached hydrogens (tertiary/aromatic N) is 2. The molecule has 8 aromatic carbocycles. The van der Waals surface area contributed by atoms with Crippen molar-refractivity contribution in [2.24, 2.45) is 0 Å². The van der Waals surface area contributed by atoms with E-state index in [0.29, 0.717) is 0 Å². The first-order valence-electron chi connectivity index (χ1n) is 25.9. The van der Waals surface area contributed by atoms with Gasteiger partial charge in [0, 0.05) is 45.0 Å².